The van der Waals surface area contributed by atoms with Gasteiger partial charge in [-0.15, -0.1) is 0 Å². The minimum Gasteiger partial charge on any atom is -0.504 e. The number of methoxy groups -OCH3 is 1. The number of phenolic OH excluding ortho intramolecular Hbond substituents is 1. The fraction of sp³-hybridized carbons (Fsp3) is 0.263. The van der Waals surface area contributed by atoms with E-state index < -0.39 is 0 Å². The third-order valence-corrected chi connectivity index (χ3v) is 4.41. The van der Waals surface area contributed by atoms with E-state index in [1.54, 1.807) is 18.2 Å². The molecule has 0 saturated heterocycles. The summed E-state index contributed by atoms with van der Waals surface area (Å²) in [6.45, 7) is 2.75. The molecule has 0 unspecified atom stereocenters. The van der Waals surface area contributed by atoms with Crippen LogP contribution in [0.25, 0.3) is 6.08 Å². The van der Waals surface area contributed by atoms with E-state index in [9.17, 15) is 15.2 Å². The maximum absolute atomic E-state index is 12.6. The lowest BCUT2D eigenvalue weighted by atomic mass is 10.0. The van der Waals surface area contributed by atoms with Crippen LogP contribution < -0.4 is 4.74 Å². The van der Waals surface area contributed by atoms with Gasteiger partial charge in [0.05, 0.1) is 18.2 Å². The van der Waals surface area contributed by atoms with Crippen molar-refractivity contribution >= 4 is 11.9 Å². The Morgan fingerprint density at radius 2 is 2.25 bits per heavy atom. The average molecular weight is 322 g/mol. The van der Waals surface area contributed by atoms with Gasteiger partial charge in [-0.1, -0.05) is 12.1 Å². The molecule has 0 radical (unpaired) electrons. The van der Waals surface area contributed by atoms with Crippen LogP contribution in [0.3, 0.4) is 0 Å². The van der Waals surface area contributed by atoms with Crippen LogP contribution >= 0.6 is 0 Å². The Hall–Kier alpha value is -3.00. The lowest BCUT2D eigenvalue weighted by Crippen LogP contribution is -2.01. The van der Waals surface area contributed by atoms with E-state index in [0.29, 0.717) is 22.4 Å². The quantitative estimate of drug-likeness (QED) is 0.692. The molecule has 1 aromatic carbocycles. The summed E-state index contributed by atoms with van der Waals surface area (Å²) in [5.41, 5.74) is 3.49. The van der Waals surface area contributed by atoms with Crippen molar-refractivity contribution in [1.29, 1.82) is 5.26 Å². The summed E-state index contributed by atoms with van der Waals surface area (Å²) >= 11 is 0. The van der Waals surface area contributed by atoms with E-state index in [2.05, 4.69) is 10.6 Å². The highest BCUT2D eigenvalue weighted by Gasteiger charge is 2.26. The van der Waals surface area contributed by atoms with Crippen molar-refractivity contribution in [3.63, 3.8) is 0 Å². The average Bonchev–Trinajstić information content (AvgIpc) is 3.15. The molecule has 0 bridgehead atoms. The van der Waals surface area contributed by atoms with E-state index in [0.717, 1.165) is 30.8 Å². The molecule has 0 amide bonds. The number of aromatic nitrogens is 1. The molecule has 1 aromatic heterocycles. The van der Waals surface area contributed by atoms with Crippen molar-refractivity contribution in [2.45, 2.75) is 26.3 Å². The molecule has 24 heavy (non-hydrogen) atoms. The zero-order valence-electron chi connectivity index (χ0n) is 13.7. The second-order valence-corrected chi connectivity index (χ2v) is 5.78. The topological polar surface area (TPSA) is 75.2 Å². The Bertz CT molecular complexity index is 885. The highest BCUT2D eigenvalue weighted by Crippen LogP contribution is 2.30. The second kappa shape index (κ2) is 6.25. The van der Waals surface area contributed by atoms with Crippen LogP contribution in [-0.4, -0.2) is 22.6 Å². The highest BCUT2D eigenvalue weighted by atomic mass is 16.5. The second-order valence-electron chi connectivity index (χ2n) is 5.78. The molecule has 0 atom stereocenters. The summed E-state index contributed by atoms with van der Waals surface area (Å²) in [6.07, 6.45) is 4.93. The van der Waals surface area contributed by atoms with Crippen LogP contribution in [0, 0.1) is 18.3 Å². The predicted octanol–water partition coefficient (Wildman–Crippen LogP) is 3.22. The first-order chi connectivity index (χ1) is 11.6. The number of hydrogen-bond acceptors (Lipinski definition) is 4. The predicted molar refractivity (Wildman–Crippen MR) is 90.2 cm³/mol. The molecule has 1 aliphatic heterocycles. The number of benzene rings is 1. The van der Waals surface area contributed by atoms with Crippen LogP contribution in [-0.2, 0) is 13.0 Å². The summed E-state index contributed by atoms with van der Waals surface area (Å²) in [7, 11) is 1.48. The highest BCUT2D eigenvalue weighted by molar-refractivity contribution is 6.09. The molecule has 0 saturated carbocycles. The number of phenols is 1. The molecule has 0 fully saturated rings. The monoisotopic (exact) mass is 322 g/mol. The zero-order valence-corrected chi connectivity index (χ0v) is 13.7. The number of carbonyl (C=O) groups excluding carboxylic acids is 1. The van der Waals surface area contributed by atoms with Crippen molar-refractivity contribution in [1.82, 2.24) is 4.57 Å². The smallest absolute Gasteiger partial charge is 0.189 e. The first-order valence-electron chi connectivity index (χ1n) is 7.78. The van der Waals surface area contributed by atoms with Gasteiger partial charge in [0, 0.05) is 17.9 Å². The maximum atomic E-state index is 12.6. The summed E-state index contributed by atoms with van der Waals surface area (Å²) in [5, 5.41) is 19.2. The summed E-state index contributed by atoms with van der Waals surface area (Å²) in [6, 6.07) is 7.10. The maximum Gasteiger partial charge on any atom is 0.189 e. The molecule has 3 rings (SSSR count). The van der Waals surface area contributed by atoms with E-state index in [1.807, 2.05) is 6.92 Å². The summed E-state index contributed by atoms with van der Waals surface area (Å²) in [5.74, 6) is 0.204. The fourth-order valence-electron chi connectivity index (χ4n) is 3.25. The van der Waals surface area contributed by atoms with Crippen LogP contribution in [0.15, 0.2) is 24.3 Å². The number of aromatic hydroxyl groups is 1. The minimum absolute atomic E-state index is 0.0174. The largest absolute Gasteiger partial charge is 0.504 e. The Balaban J connectivity index is 1.91. The van der Waals surface area contributed by atoms with E-state index in [4.69, 9.17) is 4.74 Å². The number of nitriles is 1. The standard InChI is InChI=1S/C19H18N2O3/c1-12-19(14(11-20)15-4-3-9-21(12)15)16(22)7-5-13-6-8-18(24-2)17(23)10-13/h5-8,10,23H,3-4,9H2,1-2H3/b7-5+. The zero-order chi connectivity index (χ0) is 17.3. The van der Waals surface area contributed by atoms with Gasteiger partial charge in [-0.05, 0) is 43.5 Å². The van der Waals surface area contributed by atoms with Gasteiger partial charge in [-0.2, -0.15) is 5.26 Å². The number of allylic oxidation sites excluding steroid dienone is 1. The first kappa shape index (κ1) is 15.9. The van der Waals surface area contributed by atoms with Crippen LogP contribution in [0.2, 0.25) is 0 Å². The molecular formula is C19H18N2O3. The number of nitrogens with zero attached hydrogens (tertiary/aromatic N) is 2. The lowest BCUT2D eigenvalue weighted by molar-refractivity contribution is 0.104. The number of ketones is 1. The van der Waals surface area contributed by atoms with Gasteiger partial charge in [0.15, 0.2) is 17.3 Å². The van der Waals surface area contributed by atoms with E-state index >= 15 is 0 Å². The molecule has 2 heterocycles. The van der Waals surface area contributed by atoms with E-state index in [-0.39, 0.29) is 11.5 Å². The van der Waals surface area contributed by atoms with Crippen molar-refractivity contribution in [3.8, 4) is 17.6 Å². The Kier molecular flexibility index (Phi) is 4.13. The van der Waals surface area contributed by atoms with Gasteiger partial charge >= 0.3 is 0 Å². The SMILES string of the molecule is COc1ccc(/C=C/C(=O)c2c(C#N)c3n(c2C)CCC3)cc1O. The van der Waals surface area contributed by atoms with Crippen molar-refractivity contribution in [2.75, 3.05) is 7.11 Å². The third-order valence-electron chi connectivity index (χ3n) is 4.41. The van der Waals surface area contributed by atoms with Gasteiger partial charge in [0.1, 0.15) is 6.07 Å². The lowest BCUT2D eigenvalue weighted by Gasteiger charge is -2.03. The molecule has 122 valence electrons. The first-order valence-corrected chi connectivity index (χ1v) is 7.78. The molecule has 1 aliphatic rings. The number of ether oxygens (including phenoxy) is 1. The van der Waals surface area contributed by atoms with Crippen molar-refractivity contribution in [2.24, 2.45) is 0 Å². The van der Waals surface area contributed by atoms with Crippen LogP contribution in [0.4, 0.5) is 0 Å². The Morgan fingerprint density at radius 3 is 2.92 bits per heavy atom. The van der Waals surface area contributed by atoms with Crippen LogP contribution in [0.1, 0.15) is 39.3 Å². The molecule has 2 aromatic rings. The number of fused-ring (bicyclic) bond motifs is 1. The van der Waals surface area contributed by atoms with Gasteiger partial charge in [0.2, 0.25) is 0 Å². The molecule has 0 aliphatic carbocycles. The molecule has 0 spiro atoms. The Morgan fingerprint density at radius 1 is 1.46 bits per heavy atom. The molecular weight excluding hydrogens is 304 g/mol. The molecule has 1 N–H and O–H groups in total. The fourth-order valence-corrected chi connectivity index (χ4v) is 3.25. The molecule has 5 nitrogen and oxygen atoms in total. The summed E-state index contributed by atoms with van der Waals surface area (Å²) < 4.78 is 7.06. The minimum atomic E-state index is -0.193. The Labute approximate surface area is 140 Å². The van der Waals surface area contributed by atoms with Gasteiger partial charge in [-0.25, -0.2) is 0 Å². The normalized spacial score (nSPS) is 13.0. The van der Waals surface area contributed by atoms with Crippen molar-refractivity contribution < 1.29 is 14.6 Å². The van der Waals surface area contributed by atoms with Crippen molar-refractivity contribution in [3.05, 3.63) is 52.4 Å². The van der Waals surface area contributed by atoms with Crippen LogP contribution in [0.5, 0.6) is 11.5 Å². The van der Waals surface area contributed by atoms with Gasteiger partial charge in [0.25, 0.3) is 0 Å². The number of carbonyl (C=O) groups is 1. The van der Waals surface area contributed by atoms with Gasteiger partial charge in [-0.3, -0.25) is 4.79 Å². The number of rotatable bonds is 4. The van der Waals surface area contributed by atoms with Gasteiger partial charge < -0.3 is 14.4 Å². The van der Waals surface area contributed by atoms with E-state index in [1.165, 1.54) is 19.3 Å². The number of hydrogen-bond donors (Lipinski definition) is 1. The third kappa shape index (κ3) is 2.56. The summed E-state index contributed by atoms with van der Waals surface area (Å²) in [4.78, 5) is 12.6. The molecule has 5 heteroatoms.